The summed E-state index contributed by atoms with van der Waals surface area (Å²) in [7, 11) is 0. The minimum atomic E-state index is -0.614. The molecule has 35 heavy (non-hydrogen) atoms. The van der Waals surface area contributed by atoms with Gasteiger partial charge in [-0.15, -0.1) is 0 Å². The highest BCUT2D eigenvalue weighted by atomic mass is 35.5. The number of halogens is 3. The highest BCUT2D eigenvalue weighted by molar-refractivity contribution is 6.31. The van der Waals surface area contributed by atoms with Crippen molar-refractivity contribution in [3.63, 3.8) is 0 Å². The number of anilines is 1. The van der Waals surface area contributed by atoms with E-state index in [1.165, 1.54) is 12.1 Å². The Morgan fingerprint density at radius 2 is 1.97 bits per heavy atom. The molecule has 0 radical (unpaired) electrons. The zero-order chi connectivity index (χ0) is 24.3. The van der Waals surface area contributed by atoms with Crippen molar-refractivity contribution in [2.24, 2.45) is 0 Å². The summed E-state index contributed by atoms with van der Waals surface area (Å²) in [5.74, 6) is -0.693. The van der Waals surface area contributed by atoms with Crippen LogP contribution in [0.5, 0.6) is 0 Å². The molecule has 6 rings (SSSR count). The number of hydrogen-bond donors (Lipinski definition) is 2. The van der Waals surface area contributed by atoms with Gasteiger partial charge in [0.1, 0.15) is 5.82 Å². The molecule has 2 saturated heterocycles. The number of aromatic amines is 1. The number of rotatable bonds is 4. The topological polar surface area (TPSA) is 97.1 Å². The lowest BCUT2D eigenvalue weighted by atomic mass is 9.92. The molecule has 3 aliphatic heterocycles. The summed E-state index contributed by atoms with van der Waals surface area (Å²) >= 11 is 5.96. The van der Waals surface area contributed by atoms with Crippen LogP contribution in [0.4, 0.5) is 14.5 Å². The van der Waals surface area contributed by atoms with E-state index >= 15 is 4.39 Å². The van der Waals surface area contributed by atoms with E-state index < -0.39 is 5.82 Å². The Labute approximate surface area is 205 Å². The number of imidazole rings is 1. The van der Waals surface area contributed by atoms with Crippen LogP contribution < -0.4 is 5.73 Å². The third kappa shape index (κ3) is 3.61. The number of fused-ring (bicyclic) bond motifs is 1. The number of carbonyl (C=O) groups excluding carboxylic acids is 1. The van der Waals surface area contributed by atoms with E-state index in [-0.39, 0.29) is 46.0 Å². The minimum absolute atomic E-state index is 0.0336. The van der Waals surface area contributed by atoms with Gasteiger partial charge in [-0.1, -0.05) is 11.6 Å². The molecular weight excluding hydrogens is 476 g/mol. The van der Waals surface area contributed by atoms with Crippen molar-refractivity contribution in [2.75, 3.05) is 18.9 Å². The number of carbonyl (C=O) groups is 1. The van der Waals surface area contributed by atoms with Crippen molar-refractivity contribution in [1.29, 1.82) is 0 Å². The lowest BCUT2D eigenvalue weighted by Crippen LogP contribution is -2.39. The molecule has 1 amide bonds. The standard InChI is InChI=1S/C25H22ClF2N5O2/c26-16-2-3-17(29)21(23(16)28)12-7-14-1-4-19(33(14)20(34)8-12)25-31-9-18(32-25)15-5-6-30-24(22(15)27)13-10-35-11-13/h2-3,5-6,8-9,13-14,19H,1,4,7,10-11,29H2,(H,31,32)/t14-,19+/m0/s1. The third-order valence-electron chi connectivity index (χ3n) is 7.10. The fraction of sp³-hybridized carbons (Fsp3) is 0.320. The fourth-order valence-corrected chi connectivity index (χ4v) is 5.43. The maximum atomic E-state index is 15.2. The quantitative estimate of drug-likeness (QED) is 0.513. The summed E-state index contributed by atoms with van der Waals surface area (Å²) < 4.78 is 35.1. The van der Waals surface area contributed by atoms with E-state index in [1.807, 2.05) is 0 Å². The Morgan fingerprint density at radius 1 is 1.14 bits per heavy atom. The van der Waals surface area contributed by atoms with E-state index in [1.54, 1.807) is 29.4 Å². The summed E-state index contributed by atoms with van der Waals surface area (Å²) in [6.07, 6.45) is 6.46. The Morgan fingerprint density at radius 3 is 2.74 bits per heavy atom. The largest absolute Gasteiger partial charge is 0.398 e. The van der Waals surface area contributed by atoms with Crippen LogP contribution in [-0.2, 0) is 9.53 Å². The molecular formula is C25H22ClF2N5O2. The van der Waals surface area contributed by atoms with Gasteiger partial charge in [0.05, 0.1) is 47.8 Å². The molecule has 10 heteroatoms. The Hall–Kier alpha value is -3.30. The number of ether oxygens (including phenoxy) is 1. The van der Waals surface area contributed by atoms with E-state index in [4.69, 9.17) is 22.1 Å². The van der Waals surface area contributed by atoms with Gasteiger partial charge in [0.15, 0.2) is 11.6 Å². The number of nitrogens with zero attached hydrogens (tertiary/aromatic N) is 3. The van der Waals surface area contributed by atoms with Gasteiger partial charge in [0, 0.05) is 35.1 Å². The van der Waals surface area contributed by atoms with E-state index in [0.717, 1.165) is 6.42 Å². The van der Waals surface area contributed by atoms with Gasteiger partial charge in [0.2, 0.25) is 5.91 Å². The SMILES string of the molecule is Nc1ccc(Cl)c(F)c1C1=CC(=O)N2[C@@H](CC[C@@H]2c2ncc(-c3ccnc(C4COC4)c3F)[nH]2)C1. The summed E-state index contributed by atoms with van der Waals surface area (Å²) in [5.41, 5.74) is 8.29. The first-order valence-electron chi connectivity index (χ1n) is 11.5. The number of pyridine rings is 1. The maximum Gasteiger partial charge on any atom is 0.247 e. The second kappa shape index (κ2) is 8.42. The molecule has 2 fully saturated rings. The molecule has 7 nitrogen and oxygen atoms in total. The zero-order valence-corrected chi connectivity index (χ0v) is 19.4. The number of amides is 1. The van der Waals surface area contributed by atoms with Crippen LogP contribution in [0.25, 0.3) is 16.8 Å². The average Bonchev–Trinajstić information content (AvgIpc) is 3.44. The van der Waals surface area contributed by atoms with Gasteiger partial charge in [-0.05, 0) is 43.0 Å². The number of benzene rings is 1. The molecule has 2 atom stereocenters. The minimum Gasteiger partial charge on any atom is -0.398 e. The zero-order valence-electron chi connectivity index (χ0n) is 18.6. The molecule has 2 aromatic heterocycles. The van der Waals surface area contributed by atoms with Crippen LogP contribution in [0, 0.1) is 11.6 Å². The van der Waals surface area contributed by atoms with E-state index in [2.05, 4.69) is 15.0 Å². The molecule has 0 spiro atoms. The Kier molecular flexibility index (Phi) is 5.34. The number of hydrogen-bond acceptors (Lipinski definition) is 5. The smallest absolute Gasteiger partial charge is 0.247 e. The number of H-pyrrole nitrogens is 1. The van der Waals surface area contributed by atoms with Crippen molar-refractivity contribution >= 4 is 28.8 Å². The van der Waals surface area contributed by atoms with Gasteiger partial charge >= 0.3 is 0 Å². The molecule has 3 N–H and O–H groups in total. The van der Waals surface area contributed by atoms with Crippen LogP contribution in [-0.4, -0.2) is 45.0 Å². The summed E-state index contributed by atoms with van der Waals surface area (Å²) in [5, 5.41) is -0.0336. The Bertz CT molecular complexity index is 1370. The number of nitrogen functional groups attached to an aromatic ring is 1. The van der Waals surface area contributed by atoms with Crippen molar-refractivity contribution in [1.82, 2.24) is 19.9 Å². The van der Waals surface area contributed by atoms with Gasteiger partial charge < -0.3 is 20.4 Å². The first kappa shape index (κ1) is 22.2. The van der Waals surface area contributed by atoms with Crippen LogP contribution in [0.1, 0.15) is 48.3 Å². The molecule has 3 aliphatic rings. The monoisotopic (exact) mass is 497 g/mol. The van der Waals surface area contributed by atoms with Crippen LogP contribution in [0.15, 0.2) is 36.7 Å². The van der Waals surface area contributed by atoms with Gasteiger partial charge in [0.25, 0.3) is 0 Å². The predicted octanol–water partition coefficient (Wildman–Crippen LogP) is 4.62. The Balaban J connectivity index is 1.28. The average molecular weight is 498 g/mol. The molecule has 3 aromatic rings. The van der Waals surface area contributed by atoms with E-state index in [0.29, 0.717) is 54.4 Å². The predicted molar refractivity (Wildman–Crippen MR) is 126 cm³/mol. The summed E-state index contributed by atoms with van der Waals surface area (Å²) in [6.45, 7) is 0.921. The molecule has 1 aromatic carbocycles. The fourth-order valence-electron chi connectivity index (χ4n) is 5.28. The van der Waals surface area contributed by atoms with Crippen LogP contribution in [0.2, 0.25) is 5.02 Å². The lowest BCUT2D eigenvalue weighted by Gasteiger charge is -2.33. The molecule has 0 saturated carbocycles. The van der Waals surface area contributed by atoms with Crippen molar-refractivity contribution in [2.45, 2.75) is 37.3 Å². The first-order chi connectivity index (χ1) is 16.9. The van der Waals surface area contributed by atoms with Crippen molar-refractivity contribution in [3.05, 3.63) is 70.4 Å². The van der Waals surface area contributed by atoms with Gasteiger partial charge in [-0.2, -0.15) is 0 Å². The maximum absolute atomic E-state index is 15.2. The lowest BCUT2D eigenvalue weighted by molar-refractivity contribution is -0.129. The molecule has 0 unspecified atom stereocenters. The van der Waals surface area contributed by atoms with Gasteiger partial charge in [-0.3, -0.25) is 9.78 Å². The summed E-state index contributed by atoms with van der Waals surface area (Å²) in [4.78, 5) is 26.8. The number of nitrogens with two attached hydrogens (primary N) is 1. The number of aromatic nitrogens is 3. The second-order valence-corrected chi connectivity index (χ2v) is 9.57. The molecule has 5 heterocycles. The second-order valence-electron chi connectivity index (χ2n) is 9.17. The van der Waals surface area contributed by atoms with Crippen molar-refractivity contribution < 1.29 is 18.3 Å². The van der Waals surface area contributed by atoms with E-state index in [9.17, 15) is 9.18 Å². The van der Waals surface area contributed by atoms with Crippen LogP contribution >= 0.6 is 11.6 Å². The highest BCUT2D eigenvalue weighted by Crippen LogP contribution is 2.44. The number of nitrogens with one attached hydrogen (secondary N) is 1. The first-order valence-corrected chi connectivity index (χ1v) is 11.8. The third-order valence-corrected chi connectivity index (χ3v) is 7.39. The normalized spacial score (nSPS) is 22.2. The summed E-state index contributed by atoms with van der Waals surface area (Å²) in [6, 6.07) is 4.15. The van der Waals surface area contributed by atoms with Crippen LogP contribution in [0.3, 0.4) is 0 Å². The molecule has 180 valence electrons. The molecule has 0 bridgehead atoms. The van der Waals surface area contributed by atoms with Crippen molar-refractivity contribution in [3.8, 4) is 11.3 Å². The highest BCUT2D eigenvalue weighted by Gasteiger charge is 2.42. The van der Waals surface area contributed by atoms with Gasteiger partial charge in [-0.25, -0.2) is 13.8 Å². The molecule has 0 aliphatic carbocycles.